The molecule has 0 bridgehead atoms. The minimum absolute atomic E-state index is 0.171. The number of imidazole rings is 1. The molecule has 196 valence electrons. The predicted octanol–water partition coefficient (Wildman–Crippen LogP) is 9.10. The zero-order chi connectivity index (χ0) is 25.4. The molecule has 0 aliphatic heterocycles. The van der Waals surface area contributed by atoms with Gasteiger partial charge in [-0.2, -0.15) is 0 Å². The van der Waals surface area contributed by atoms with E-state index in [2.05, 4.69) is 28.9 Å². The predicted molar refractivity (Wildman–Crippen MR) is 153 cm³/mol. The van der Waals surface area contributed by atoms with E-state index in [9.17, 15) is 4.79 Å². The highest BCUT2D eigenvalue weighted by Crippen LogP contribution is 2.19. The molecule has 3 rings (SSSR count). The Morgan fingerprint density at radius 2 is 1.33 bits per heavy atom. The Hall–Kier alpha value is -2.33. The van der Waals surface area contributed by atoms with Crippen molar-refractivity contribution in [3.8, 4) is 0 Å². The summed E-state index contributed by atoms with van der Waals surface area (Å²) in [5.74, 6) is 0.724. The van der Waals surface area contributed by atoms with E-state index in [1.807, 2.05) is 24.3 Å². The minimum Gasteiger partial charge on any atom is -0.345 e. The molecule has 5 heteroatoms. The average Bonchev–Trinajstić information content (AvgIpc) is 3.25. The van der Waals surface area contributed by atoms with Gasteiger partial charge in [-0.3, -0.25) is 4.79 Å². The number of unbranched alkanes of at least 4 members (excludes halogenated alkanes) is 13. The van der Waals surface area contributed by atoms with E-state index in [0.717, 1.165) is 29.8 Å². The highest BCUT2D eigenvalue weighted by molar-refractivity contribution is 6.33. The normalized spacial score (nSPS) is 11.3. The number of carbonyl (C=O) groups is 1. The zero-order valence-corrected chi connectivity index (χ0v) is 22.9. The number of benzene rings is 2. The second-order valence-electron chi connectivity index (χ2n) is 9.93. The van der Waals surface area contributed by atoms with Gasteiger partial charge in [-0.1, -0.05) is 126 Å². The zero-order valence-electron chi connectivity index (χ0n) is 22.1. The summed E-state index contributed by atoms with van der Waals surface area (Å²) >= 11 is 6.19. The Morgan fingerprint density at radius 1 is 0.778 bits per heavy atom. The number of carbonyl (C=O) groups excluding carboxylic acids is 1. The number of nitrogens with one attached hydrogen (secondary N) is 1. The van der Waals surface area contributed by atoms with E-state index in [4.69, 9.17) is 16.6 Å². The summed E-state index contributed by atoms with van der Waals surface area (Å²) in [5, 5.41) is 3.47. The number of nitrogens with zero attached hydrogens (tertiary/aromatic N) is 2. The third-order valence-corrected chi connectivity index (χ3v) is 7.32. The van der Waals surface area contributed by atoms with Crippen LogP contribution >= 0.6 is 11.6 Å². The highest BCUT2D eigenvalue weighted by Gasteiger charge is 2.13. The third-order valence-electron chi connectivity index (χ3n) is 6.99. The van der Waals surface area contributed by atoms with E-state index in [0.29, 0.717) is 17.1 Å². The molecular weight excluding hydrogens is 466 g/mol. The van der Waals surface area contributed by atoms with Gasteiger partial charge in [0.25, 0.3) is 5.91 Å². The fraction of sp³-hybridized carbons (Fsp3) is 0.548. The molecule has 0 aliphatic rings. The van der Waals surface area contributed by atoms with Gasteiger partial charge in [0, 0.05) is 6.54 Å². The van der Waals surface area contributed by atoms with E-state index in [1.54, 1.807) is 12.1 Å². The minimum atomic E-state index is -0.171. The lowest BCUT2D eigenvalue weighted by Gasteiger charge is -2.11. The van der Waals surface area contributed by atoms with Crippen LogP contribution in [0.1, 0.15) is 113 Å². The topological polar surface area (TPSA) is 46.9 Å². The first-order valence-corrected chi connectivity index (χ1v) is 14.6. The largest absolute Gasteiger partial charge is 0.345 e. The molecule has 3 aromatic rings. The summed E-state index contributed by atoms with van der Waals surface area (Å²) in [6, 6.07) is 15.4. The van der Waals surface area contributed by atoms with Gasteiger partial charge in [0.2, 0.25) is 0 Å². The molecule has 0 unspecified atom stereocenters. The summed E-state index contributed by atoms with van der Waals surface area (Å²) in [6.45, 7) is 3.59. The number of para-hydroxylation sites is 2. The summed E-state index contributed by atoms with van der Waals surface area (Å²) in [4.78, 5) is 17.4. The van der Waals surface area contributed by atoms with E-state index in [1.165, 1.54) is 83.5 Å². The summed E-state index contributed by atoms with van der Waals surface area (Å²) < 4.78 is 2.27. The van der Waals surface area contributed by atoms with Crippen molar-refractivity contribution in [2.75, 3.05) is 0 Å². The van der Waals surface area contributed by atoms with Gasteiger partial charge in [-0.05, 0) is 30.7 Å². The first kappa shape index (κ1) is 28.2. The Balaban J connectivity index is 1.36. The van der Waals surface area contributed by atoms with Gasteiger partial charge in [0.15, 0.2) is 0 Å². The van der Waals surface area contributed by atoms with Crippen LogP contribution in [0.2, 0.25) is 5.02 Å². The van der Waals surface area contributed by atoms with Crippen molar-refractivity contribution < 1.29 is 4.79 Å². The average molecular weight is 510 g/mol. The molecule has 1 N–H and O–H groups in total. The Kier molecular flexibility index (Phi) is 12.9. The molecule has 0 spiro atoms. The van der Waals surface area contributed by atoms with Crippen LogP contribution in [0.3, 0.4) is 0 Å². The van der Waals surface area contributed by atoms with Gasteiger partial charge in [-0.25, -0.2) is 4.98 Å². The highest BCUT2D eigenvalue weighted by atomic mass is 35.5. The lowest BCUT2D eigenvalue weighted by molar-refractivity contribution is 0.0949. The fourth-order valence-electron chi connectivity index (χ4n) is 4.87. The van der Waals surface area contributed by atoms with Crippen molar-refractivity contribution in [3.05, 3.63) is 64.9 Å². The fourth-order valence-corrected chi connectivity index (χ4v) is 5.10. The van der Waals surface area contributed by atoms with Crippen molar-refractivity contribution in [3.63, 3.8) is 0 Å². The third kappa shape index (κ3) is 9.28. The van der Waals surface area contributed by atoms with Crippen molar-refractivity contribution in [1.82, 2.24) is 14.9 Å². The van der Waals surface area contributed by atoms with Crippen molar-refractivity contribution in [1.29, 1.82) is 0 Å². The molecule has 1 heterocycles. The number of hydrogen-bond acceptors (Lipinski definition) is 2. The molecule has 36 heavy (non-hydrogen) atoms. The lowest BCUT2D eigenvalue weighted by atomic mass is 10.0. The van der Waals surface area contributed by atoms with E-state index < -0.39 is 0 Å². The second-order valence-corrected chi connectivity index (χ2v) is 10.3. The quantitative estimate of drug-likeness (QED) is 0.174. The first-order chi connectivity index (χ1) is 17.7. The number of aryl methyl sites for hydroxylation is 1. The number of amides is 1. The van der Waals surface area contributed by atoms with Crippen LogP contribution in [0.4, 0.5) is 0 Å². The van der Waals surface area contributed by atoms with Crippen LogP contribution in [-0.4, -0.2) is 15.5 Å². The first-order valence-electron chi connectivity index (χ1n) is 14.2. The summed E-state index contributed by atoms with van der Waals surface area (Å²) in [7, 11) is 0. The van der Waals surface area contributed by atoms with E-state index >= 15 is 0 Å². The second kappa shape index (κ2) is 16.4. The maximum Gasteiger partial charge on any atom is 0.253 e. The molecule has 0 radical (unpaired) electrons. The molecular formula is C31H44ClN3O. The molecule has 0 fully saturated rings. The van der Waals surface area contributed by atoms with Crippen molar-refractivity contribution in [2.45, 2.75) is 110 Å². The van der Waals surface area contributed by atoms with Gasteiger partial charge < -0.3 is 9.88 Å². The monoisotopic (exact) mass is 509 g/mol. The maximum atomic E-state index is 12.6. The Bertz CT molecular complexity index is 1050. The van der Waals surface area contributed by atoms with Crippen LogP contribution in [0.5, 0.6) is 0 Å². The number of halogens is 1. The molecule has 0 aliphatic carbocycles. The van der Waals surface area contributed by atoms with Crippen LogP contribution in [0.15, 0.2) is 48.5 Å². The lowest BCUT2D eigenvalue weighted by Crippen LogP contribution is -2.25. The summed E-state index contributed by atoms with van der Waals surface area (Å²) in [6.07, 6.45) is 19.0. The van der Waals surface area contributed by atoms with Crippen LogP contribution in [0.25, 0.3) is 11.0 Å². The Morgan fingerprint density at radius 3 is 1.97 bits per heavy atom. The molecule has 0 saturated heterocycles. The number of hydrogen-bond donors (Lipinski definition) is 1. The van der Waals surface area contributed by atoms with Crippen LogP contribution < -0.4 is 5.32 Å². The maximum absolute atomic E-state index is 12.6. The van der Waals surface area contributed by atoms with Crippen molar-refractivity contribution in [2.24, 2.45) is 0 Å². The summed E-state index contributed by atoms with van der Waals surface area (Å²) in [5.41, 5.74) is 2.60. The van der Waals surface area contributed by atoms with Crippen molar-refractivity contribution >= 4 is 28.5 Å². The molecule has 0 atom stereocenters. The molecule has 1 aromatic heterocycles. The molecule has 2 aromatic carbocycles. The van der Waals surface area contributed by atoms with Gasteiger partial charge in [0.05, 0.1) is 28.2 Å². The molecule has 1 amide bonds. The van der Waals surface area contributed by atoms with Crippen LogP contribution in [0, 0.1) is 0 Å². The molecule has 0 saturated carbocycles. The smallest absolute Gasteiger partial charge is 0.253 e. The number of fused-ring (bicyclic) bond motifs is 1. The number of aromatic nitrogens is 2. The molecule has 4 nitrogen and oxygen atoms in total. The Labute approximate surface area is 222 Å². The van der Waals surface area contributed by atoms with Gasteiger partial charge >= 0.3 is 0 Å². The van der Waals surface area contributed by atoms with E-state index in [-0.39, 0.29) is 5.91 Å². The standard InChI is InChI=1S/C31H44ClN3O/c1-2-3-4-5-6-7-8-9-10-11-12-13-14-19-24-35-29-23-18-17-22-28(29)34-30(35)25-33-31(36)26-20-15-16-21-27(26)32/h15-18,20-23H,2-14,19,24-25H2,1H3,(H,33,36). The van der Waals surface area contributed by atoms with Crippen LogP contribution in [-0.2, 0) is 13.1 Å². The van der Waals surface area contributed by atoms with Gasteiger partial charge in [0.1, 0.15) is 5.82 Å². The number of rotatable bonds is 18. The van der Waals surface area contributed by atoms with Gasteiger partial charge in [-0.15, -0.1) is 0 Å². The SMILES string of the molecule is CCCCCCCCCCCCCCCCn1c(CNC(=O)c2ccccc2Cl)nc2ccccc21.